The third-order valence-corrected chi connectivity index (χ3v) is 9.19. The van der Waals surface area contributed by atoms with E-state index in [-0.39, 0.29) is 69.1 Å². The molecule has 6 rings (SSSR count). The van der Waals surface area contributed by atoms with Gasteiger partial charge in [-0.3, -0.25) is 14.4 Å². The topological polar surface area (TPSA) is 149 Å². The number of carbonyl (C=O) groups is 3. The van der Waals surface area contributed by atoms with Gasteiger partial charge in [-0.15, -0.1) is 0 Å². The van der Waals surface area contributed by atoms with Crippen molar-refractivity contribution in [3.8, 4) is 34.1 Å². The second-order valence-corrected chi connectivity index (χ2v) is 11.7. The molecule has 1 saturated heterocycles. The molecular weight excluding hydrogens is 544 g/mol. The second-order valence-electron chi connectivity index (χ2n) is 11.7. The van der Waals surface area contributed by atoms with Crippen molar-refractivity contribution in [3.05, 3.63) is 45.5 Å². The number of aliphatic hydroxyl groups excluding tert-OH is 1. The van der Waals surface area contributed by atoms with Crippen LogP contribution in [0.15, 0.2) is 23.3 Å². The van der Waals surface area contributed by atoms with Crippen molar-refractivity contribution in [3.63, 3.8) is 0 Å². The van der Waals surface area contributed by atoms with E-state index in [1.165, 1.54) is 26.4 Å². The summed E-state index contributed by atoms with van der Waals surface area (Å²) < 4.78 is 22.9. The first-order chi connectivity index (χ1) is 19.9. The highest BCUT2D eigenvalue weighted by Crippen LogP contribution is 2.56. The Kier molecular flexibility index (Phi) is 6.71. The van der Waals surface area contributed by atoms with Crippen LogP contribution in [0.4, 0.5) is 0 Å². The maximum Gasteiger partial charge on any atom is 0.196 e. The summed E-state index contributed by atoms with van der Waals surface area (Å²) in [6, 6.07) is 2.83. The third-order valence-electron chi connectivity index (χ3n) is 9.19. The SMILES string of the molecule is COc1cc2c(c(O)c1-c1c(OC)cc3c(c1O)C(=O)[C@H]1[C@@H](C[C@H](C)O[C@@H]1C)[C@H]3O)C(=O)C1=C(C[C@H](C)O[C@@H]1C)C2=O. The van der Waals surface area contributed by atoms with Crippen molar-refractivity contribution < 1.29 is 48.7 Å². The van der Waals surface area contributed by atoms with E-state index in [9.17, 15) is 29.7 Å². The number of benzene rings is 2. The molecule has 2 aromatic carbocycles. The van der Waals surface area contributed by atoms with E-state index in [2.05, 4.69) is 0 Å². The van der Waals surface area contributed by atoms with Crippen LogP contribution < -0.4 is 9.47 Å². The smallest absolute Gasteiger partial charge is 0.196 e. The molecule has 0 radical (unpaired) electrons. The molecule has 2 aromatic rings. The normalized spacial score (nSPS) is 30.4. The van der Waals surface area contributed by atoms with Gasteiger partial charge in [-0.1, -0.05) is 0 Å². The highest BCUT2D eigenvalue weighted by atomic mass is 16.5. The van der Waals surface area contributed by atoms with Crippen LogP contribution in [0.2, 0.25) is 0 Å². The van der Waals surface area contributed by atoms with Gasteiger partial charge in [0.1, 0.15) is 23.0 Å². The van der Waals surface area contributed by atoms with Crippen molar-refractivity contribution in [2.75, 3.05) is 14.2 Å². The van der Waals surface area contributed by atoms with Gasteiger partial charge in [0.2, 0.25) is 0 Å². The zero-order chi connectivity index (χ0) is 30.4. The molecular formula is C32H34O10. The Morgan fingerprint density at radius 1 is 0.810 bits per heavy atom. The maximum atomic E-state index is 13.9. The average molecular weight is 579 g/mol. The molecule has 10 nitrogen and oxygen atoms in total. The Bertz CT molecular complexity index is 1590. The lowest BCUT2D eigenvalue weighted by Crippen LogP contribution is -2.48. The van der Waals surface area contributed by atoms with E-state index in [1.807, 2.05) is 13.8 Å². The van der Waals surface area contributed by atoms with Crippen LogP contribution in [0.1, 0.15) is 83.3 Å². The first-order valence-corrected chi connectivity index (χ1v) is 14.1. The molecule has 42 heavy (non-hydrogen) atoms. The largest absolute Gasteiger partial charge is 0.506 e. The fraction of sp³-hybridized carbons (Fsp3) is 0.469. The molecule has 3 N–H and O–H groups in total. The number of aromatic hydroxyl groups is 2. The summed E-state index contributed by atoms with van der Waals surface area (Å²) in [5.74, 6) is -3.60. The van der Waals surface area contributed by atoms with Crippen LogP contribution in [-0.4, -0.2) is 71.3 Å². The molecule has 0 aromatic heterocycles. The highest BCUT2D eigenvalue weighted by Gasteiger charge is 2.50. The van der Waals surface area contributed by atoms with Gasteiger partial charge in [-0.25, -0.2) is 0 Å². The van der Waals surface area contributed by atoms with Crippen molar-refractivity contribution in [2.24, 2.45) is 11.8 Å². The Morgan fingerprint density at radius 2 is 1.43 bits per heavy atom. The molecule has 2 heterocycles. The average Bonchev–Trinajstić information content (AvgIpc) is 2.93. The van der Waals surface area contributed by atoms with Crippen LogP contribution in [0.5, 0.6) is 23.0 Å². The number of Topliss-reactive ketones (excluding diaryl/α,β-unsaturated/α-hetero) is 3. The van der Waals surface area contributed by atoms with Gasteiger partial charge in [-0.05, 0) is 51.8 Å². The number of ketones is 3. The monoisotopic (exact) mass is 578 g/mol. The molecule has 1 fully saturated rings. The van der Waals surface area contributed by atoms with Crippen LogP contribution in [0, 0.1) is 11.8 Å². The Hall–Kier alpha value is -3.73. The van der Waals surface area contributed by atoms with Crippen LogP contribution >= 0.6 is 0 Å². The maximum absolute atomic E-state index is 13.9. The van der Waals surface area contributed by atoms with Crippen molar-refractivity contribution in [1.82, 2.24) is 0 Å². The summed E-state index contributed by atoms with van der Waals surface area (Å²) in [7, 11) is 2.67. The highest BCUT2D eigenvalue weighted by molar-refractivity contribution is 6.29. The molecule has 0 saturated carbocycles. The molecule has 0 spiro atoms. The predicted octanol–water partition coefficient (Wildman–Crippen LogP) is 4.31. The number of phenolic OH excluding ortho intramolecular Hbond substituents is 2. The number of aliphatic hydroxyl groups is 1. The third kappa shape index (κ3) is 3.85. The van der Waals surface area contributed by atoms with Gasteiger partial charge in [0.15, 0.2) is 17.3 Å². The van der Waals surface area contributed by atoms with E-state index >= 15 is 0 Å². The fourth-order valence-corrected chi connectivity index (χ4v) is 7.47. The molecule has 0 bridgehead atoms. The number of hydrogen-bond acceptors (Lipinski definition) is 10. The predicted molar refractivity (Wildman–Crippen MR) is 150 cm³/mol. The lowest BCUT2D eigenvalue weighted by molar-refractivity contribution is -0.110. The van der Waals surface area contributed by atoms with Gasteiger partial charge in [0.25, 0.3) is 0 Å². The Balaban J connectivity index is 1.59. The number of fused-ring (bicyclic) bond motifs is 3. The first-order valence-electron chi connectivity index (χ1n) is 14.1. The number of ether oxygens (including phenoxy) is 4. The van der Waals surface area contributed by atoms with Gasteiger partial charge < -0.3 is 34.3 Å². The van der Waals surface area contributed by atoms with E-state index in [4.69, 9.17) is 18.9 Å². The number of rotatable bonds is 3. The number of carbonyl (C=O) groups excluding carboxylic acids is 3. The lowest BCUT2D eigenvalue weighted by atomic mass is 9.67. The Morgan fingerprint density at radius 3 is 2.07 bits per heavy atom. The van der Waals surface area contributed by atoms with Gasteiger partial charge in [0.05, 0.1) is 72.9 Å². The minimum Gasteiger partial charge on any atom is -0.506 e. The van der Waals surface area contributed by atoms with E-state index in [1.54, 1.807) is 13.8 Å². The molecule has 222 valence electrons. The molecule has 4 aliphatic rings. The van der Waals surface area contributed by atoms with Crippen molar-refractivity contribution >= 4 is 17.3 Å². The van der Waals surface area contributed by atoms with Crippen LogP contribution in [0.3, 0.4) is 0 Å². The fourth-order valence-electron chi connectivity index (χ4n) is 7.47. The second kappa shape index (κ2) is 9.93. The summed E-state index contributed by atoms with van der Waals surface area (Å²) >= 11 is 0. The van der Waals surface area contributed by atoms with Crippen molar-refractivity contribution in [1.29, 1.82) is 0 Å². The molecule has 0 unspecified atom stereocenters. The number of methoxy groups -OCH3 is 2. The first kappa shape index (κ1) is 28.4. The lowest BCUT2D eigenvalue weighted by Gasteiger charge is -2.44. The summed E-state index contributed by atoms with van der Waals surface area (Å²) in [5.41, 5.74) is 0.131. The molecule has 2 aliphatic carbocycles. The summed E-state index contributed by atoms with van der Waals surface area (Å²) in [6.45, 7) is 7.16. The van der Waals surface area contributed by atoms with Crippen LogP contribution in [0.25, 0.3) is 11.1 Å². The molecule has 7 atom stereocenters. The van der Waals surface area contributed by atoms with E-state index in [0.29, 0.717) is 12.0 Å². The van der Waals surface area contributed by atoms with Gasteiger partial charge >= 0.3 is 0 Å². The Labute approximate surface area is 242 Å². The van der Waals surface area contributed by atoms with Crippen LogP contribution in [-0.2, 0) is 9.47 Å². The zero-order valence-corrected chi connectivity index (χ0v) is 24.3. The summed E-state index contributed by atoms with van der Waals surface area (Å²) in [6.07, 6.45) is -1.96. The minimum absolute atomic E-state index is 0.0111. The molecule has 10 heteroatoms. The van der Waals surface area contributed by atoms with E-state index in [0.717, 1.165) is 0 Å². The van der Waals surface area contributed by atoms with Crippen molar-refractivity contribution in [2.45, 2.75) is 71.1 Å². The molecule has 2 aliphatic heterocycles. The van der Waals surface area contributed by atoms with Gasteiger partial charge in [0, 0.05) is 29.0 Å². The minimum atomic E-state index is -1.08. The number of phenols is 2. The quantitative estimate of drug-likeness (QED) is 0.481. The number of hydrogen-bond donors (Lipinski definition) is 3. The zero-order valence-electron chi connectivity index (χ0n) is 24.3. The standard InChI is InChI=1S/C32H34O10/c1-11-7-15-21(13(3)41-11)29(35)23-17(27(15)33)9-19(39-5)25(31(23)37)26-20(40-6)10-18-24(32(26)38)30(36)22-14(4)42-12(2)8-16(22)28(18)34/h9-15,21,27,33,37-38H,7-8H2,1-6H3/t11-,12-,13+,14+,15+,21+,27+/m0/s1. The summed E-state index contributed by atoms with van der Waals surface area (Å²) in [4.78, 5) is 41.3. The summed E-state index contributed by atoms with van der Waals surface area (Å²) in [5, 5.41) is 34.8. The van der Waals surface area contributed by atoms with E-state index < -0.39 is 59.0 Å². The van der Waals surface area contributed by atoms with Gasteiger partial charge in [-0.2, -0.15) is 0 Å². The molecule has 0 amide bonds.